The lowest BCUT2D eigenvalue weighted by molar-refractivity contribution is -0.120. The molecule has 0 aliphatic heterocycles. The molecule has 1 aliphatic carbocycles. The molecule has 0 atom stereocenters. The molecule has 4 aromatic heterocycles. The first-order valence-electron chi connectivity index (χ1n) is 14.7. The smallest absolute Gasteiger partial charge is 0.257 e. The van der Waals surface area contributed by atoms with Gasteiger partial charge in [0.15, 0.2) is 0 Å². The van der Waals surface area contributed by atoms with Crippen LogP contribution in [0.25, 0.3) is 44.3 Å². The van der Waals surface area contributed by atoms with E-state index in [-0.39, 0.29) is 22.4 Å². The van der Waals surface area contributed by atoms with Crippen LogP contribution in [0.3, 0.4) is 0 Å². The number of aromatic amines is 2. The van der Waals surface area contributed by atoms with E-state index in [9.17, 15) is 22.8 Å². The van der Waals surface area contributed by atoms with Crippen molar-refractivity contribution in [3.8, 4) is 22.3 Å². The van der Waals surface area contributed by atoms with E-state index in [4.69, 9.17) is 23.2 Å². The Morgan fingerprint density at radius 2 is 1.23 bits per heavy atom. The molecule has 244 valence electrons. The molecule has 1 fully saturated rings. The highest BCUT2D eigenvalue weighted by Crippen LogP contribution is 2.28. The molecule has 4 heterocycles. The van der Waals surface area contributed by atoms with Crippen molar-refractivity contribution in [3.63, 3.8) is 0 Å². The summed E-state index contributed by atoms with van der Waals surface area (Å²) < 4.78 is 22.9. The zero-order chi connectivity index (χ0) is 34.0. The third kappa shape index (κ3) is 7.28. The van der Waals surface area contributed by atoms with Gasteiger partial charge in [0.1, 0.15) is 17.1 Å². The molecule has 12 nitrogen and oxygen atoms in total. The van der Waals surface area contributed by atoms with Gasteiger partial charge in [0.2, 0.25) is 20.9 Å². The van der Waals surface area contributed by atoms with Gasteiger partial charge in [-0.25, -0.2) is 23.4 Å². The summed E-state index contributed by atoms with van der Waals surface area (Å²) in [6, 6.07) is 17.7. The van der Waals surface area contributed by atoms with Crippen LogP contribution in [0.15, 0.2) is 87.8 Å². The number of rotatable bonds is 5. The van der Waals surface area contributed by atoms with Crippen molar-refractivity contribution in [2.45, 2.75) is 36.9 Å². The number of carbonyl (C=O) groups excluding carboxylic acids is 1. The molecule has 0 amide bonds. The zero-order valence-corrected chi connectivity index (χ0v) is 27.7. The monoisotopic (exact) mass is 703 g/mol. The lowest BCUT2D eigenvalue weighted by atomic mass is 9.94. The third-order valence-corrected chi connectivity index (χ3v) is 9.22. The number of ketones is 1. The van der Waals surface area contributed by atoms with E-state index in [0.717, 1.165) is 24.5 Å². The summed E-state index contributed by atoms with van der Waals surface area (Å²) in [6.07, 6.45) is 6.77. The average molecular weight is 705 g/mol. The summed E-state index contributed by atoms with van der Waals surface area (Å²) in [5.41, 5.74) is 2.08. The first kappa shape index (κ1) is 32.9. The Balaban J connectivity index is 0.000000170. The van der Waals surface area contributed by atoms with E-state index in [0.29, 0.717) is 67.9 Å². The van der Waals surface area contributed by atoms with Gasteiger partial charge in [-0.15, -0.1) is 0 Å². The summed E-state index contributed by atoms with van der Waals surface area (Å²) in [5.74, 6) is 0.761. The number of H-pyrrole nitrogens is 2. The second-order valence-electron chi connectivity index (χ2n) is 11.2. The summed E-state index contributed by atoms with van der Waals surface area (Å²) >= 11 is 12.3. The Morgan fingerprint density at radius 3 is 1.75 bits per heavy atom. The van der Waals surface area contributed by atoms with Gasteiger partial charge in [0, 0.05) is 80.6 Å². The summed E-state index contributed by atoms with van der Waals surface area (Å²) in [5, 5.41) is 5.12. The molecule has 0 radical (unpaired) electrons. The number of hydrogen-bond donors (Lipinski definition) is 3. The van der Waals surface area contributed by atoms with Gasteiger partial charge in [0.05, 0.1) is 0 Å². The Labute approximate surface area is 283 Å². The van der Waals surface area contributed by atoms with Crippen LogP contribution in [0.2, 0.25) is 10.0 Å². The molecule has 6 aromatic rings. The molecule has 7 rings (SSSR count). The second kappa shape index (κ2) is 13.6. The van der Waals surface area contributed by atoms with Crippen LogP contribution in [-0.4, -0.2) is 56.4 Å². The van der Waals surface area contributed by atoms with Crippen LogP contribution >= 0.6 is 23.2 Å². The Hall–Kier alpha value is -4.98. The molecular weight excluding hydrogens is 677 g/mol. The van der Waals surface area contributed by atoms with Crippen molar-refractivity contribution in [2.75, 3.05) is 11.6 Å². The highest BCUT2D eigenvalue weighted by atomic mass is 35.5. The van der Waals surface area contributed by atoms with Gasteiger partial charge >= 0.3 is 0 Å². The van der Waals surface area contributed by atoms with Gasteiger partial charge in [-0.1, -0.05) is 59.6 Å². The van der Waals surface area contributed by atoms with E-state index < -0.39 is 15.4 Å². The van der Waals surface area contributed by atoms with Gasteiger partial charge < -0.3 is 15.3 Å². The minimum atomic E-state index is -3.54. The van der Waals surface area contributed by atoms with Crippen molar-refractivity contribution in [2.24, 2.45) is 0 Å². The number of carbonyl (C=O) groups is 1. The Kier molecular flexibility index (Phi) is 9.35. The normalized spacial score (nSPS) is 13.7. The summed E-state index contributed by atoms with van der Waals surface area (Å²) in [4.78, 5) is 57.9. The van der Waals surface area contributed by atoms with Crippen LogP contribution < -0.4 is 16.4 Å². The lowest BCUT2D eigenvalue weighted by Gasteiger charge is -2.22. The van der Waals surface area contributed by atoms with Crippen molar-refractivity contribution >= 4 is 66.8 Å². The van der Waals surface area contributed by atoms with Gasteiger partial charge in [-0.2, -0.15) is 4.98 Å². The quantitative estimate of drug-likeness (QED) is 0.191. The number of pyridine rings is 2. The van der Waals surface area contributed by atoms with Crippen LogP contribution in [0.4, 0.5) is 5.95 Å². The number of benzene rings is 2. The van der Waals surface area contributed by atoms with Crippen LogP contribution in [0.5, 0.6) is 0 Å². The van der Waals surface area contributed by atoms with Crippen molar-refractivity contribution in [3.05, 3.63) is 104 Å². The topological polar surface area (TPSA) is 181 Å². The van der Waals surface area contributed by atoms with Gasteiger partial charge in [0.25, 0.3) is 11.1 Å². The Bertz CT molecular complexity index is 2420. The number of nitrogens with one attached hydrogen (secondary N) is 3. The van der Waals surface area contributed by atoms with Crippen LogP contribution in [0, 0.1) is 0 Å². The standard InChI is InChI=1S/C19H17ClN4O2.C14H10ClN3O3S/c20-16-4-2-1-3-14(16)15-9-11-10-21-19(24-17(11)23-18(15)26)22-12-5-7-13(25)8-6-12;1-22(20,21)14-16-7-8-6-10(13(19)17-12(8)18-14)9-4-2-3-5-11(9)15/h1-4,9-10,12H,5-8H2,(H2,21,22,23,24,26);2-7H,1H3,(H,16,17,18,19). The molecule has 0 unspecified atom stereocenters. The molecule has 2 aromatic carbocycles. The fourth-order valence-electron chi connectivity index (χ4n) is 5.24. The molecule has 15 heteroatoms. The number of sulfone groups is 1. The van der Waals surface area contributed by atoms with Crippen LogP contribution in [0.1, 0.15) is 25.7 Å². The maximum atomic E-state index is 12.5. The predicted molar refractivity (Wildman–Crippen MR) is 185 cm³/mol. The molecular formula is C33H27Cl2N7O5S. The lowest BCUT2D eigenvalue weighted by Crippen LogP contribution is -2.27. The fourth-order valence-corrected chi connectivity index (χ4v) is 6.22. The maximum absolute atomic E-state index is 12.5. The number of aromatic nitrogens is 6. The van der Waals surface area contributed by atoms with E-state index in [1.54, 1.807) is 54.7 Å². The van der Waals surface area contributed by atoms with E-state index in [2.05, 4.69) is 35.2 Å². The number of anilines is 1. The highest BCUT2D eigenvalue weighted by molar-refractivity contribution is 7.90. The Morgan fingerprint density at radius 1 is 0.729 bits per heavy atom. The molecule has 0 spiro atoms. The van der Waals surface area contributed by atoms with E-state index in [1.165, 1.54) is 6.20 Å². The van der Waals surface area contributed by atoms with Gasteiger partial charge in [-0.05, 0) is 37.1 Å². The molecule has 0 bridgehead atoms. The van der Waals surface area contributed by atoms with Crippen LogP contribution in [-0.2, 0) is 14.6 Å². The van der Waals surface area contributed by atoms with Crippen molar-refractivity contribution in [1.29, 1.82) is 0 Å². The molecule has 48 heavy (non-hydrogen) atoms. The SMILES string of the molecule is CS(=O)(=O)c1ncc2cc(-c3ccccc3Cl)c(=O)[nH]c2n1.O=C1CCC(Nc2ncc3cc(-c4ccccc4Cl)c(=O)[nH]c3n2)CC1. The van der Waals surface area contributed by atoms with E-state index in [1.807, 2.05) is 12.1 Å². The number of Topliss-reactive ketones (excluding diaryl/α,β-unsaturated/α-hetero) is 1. The van der Waals surface area contributed by atoms with Gasteiger partial charge in [-0.3, -0.25) is 14.4 Å². The molecule has 1 aliphatic rings. The maximum Gasteiger partial charge on any atom is 0.257 e. The summed E-state index contributed by atoms with van der Waals surface area (Å²) in [6.45, 7) is 0. The summed E-state index contributed by atoms with van der Waals surface area (Å²) in [7, 11) is -3.54. The first-order valence-corrected chi connectivity index (χ1v) is 17.4. The number of nitrogens with zero attached hydrogens (tertiary/aromatic N) is 4. The molecule has 0 saturated heterocycles. The highest BCUT2D eigenvalue weighted by Gasteiger charge is 2.20. The number of hydrogen-bond acceptors (Lipinski definition) is 10. The minimum Gasteiger partial charge on any atom is -0.351 e. The molecule has 3 N–H and O–H groups in total. The predicted octanol–water partition coefficient (Wildman–Crippen LogP) is 5.60. The zero-order valence-electron chi connectivity index (χ0n) is 25.3. The van der Waals surface area contributed by atoms with E-state index >= 15 is 0 Å². The fraction of sp³-hybridized carbons (Fsp3) is 0.182. The molecule has 1 saturated carbocycles. The largest absolute Gasteiger partial charge is 0.351 e. The minimum absolute atomic E-state index is 0.163. The first-order chi connectivity index (χ1) is 23.0. The average Bonchev–Trinajstić information content (AvgIpc) is 3.05. The number of fused-ring (bicyclic) bond motifs is 2. The van der Waals surface area contributed by atoms with Crippen molar-refractivity contribution in [1.82, 2.24) is 29.9 Å². The third-order valence-electron chi connectivity index (χ3n) is 7.70. The second-order valence-corrected chi connectivity index (χ2v) is 13.9. The number of halogens is 2. The van der Waals surface area contributed by atoms with Crippen molar-refractivity contribution < 1.29 is 13.2 Å².